The van der Waals surface area contributed by atoms with Gasteiger partial charge in [0.25, 0.3) is 0 Å². The van der Waals surface area contributed by atoms with E-state index in [4.69, 9.17) is 5.26 Å². The van der Waals surface area contributed by atoms with Crippen LogP contribution in [0.1, 0.15) is 54.1 Å². The number of rotatable bonds is 4. The van der Waals surface area contributed by atoms with Crippen LogP contribution in [-0.2, 0) is 15.8 Å². The van der Waals surface area contributed by atoms with E-state index in [0.717, 1.165) is 17.7 Å². The molecule has 2 amide bonds. The van der Waals surface area contributed by atoms with Crippen LogP contribution in [0.4, 0.5) is 13.2 Å². The molecule has 1 saturated heterocycles. The lowest BCUT2D eigenvalue weighted by Gasteiger charge is -2.39. The van der Waals surface area contributed by atoms with Crippen molar-refractivity contribution in [2.45, 2.75) is 38.0 Å². The second kappa shape index (κ2) is 8.80. The van der Waals surface area contributed by atoms with E-state index in [1.807, 2.05) is 13.0 Å². The first-order valence-corrected chi connectivity index (χ1v) is 9.85. The van der Waals surface area contributed by atoms with Crippen LogP contribution in [0.5, 0.6) is 0 Å². The minimum atomic E-state index is -4.46. The number of likely N-dealkylation sites (tertiary alicyclic amines) is 1. The summed E-state index contributed by atoms with van der Waals surface area (Å²) in [7, 11) is 1.56. The molecule has 5 nitrogen and oxygen atoms in total. The number of carbonyl (C=O) groups is 2. The Morgan fingerprint density at radius 2 is 1.77 bits per heavy atom. The standard InChI is InChI=1S/C23H22F3N3O2/c1-14(16-5-3-15(13-27)4-6-16)28-22(31)19-11-12-20(30)29(2)21(19)17-7-9-18(10-8-17)23(24,25)26/h3-10,14,19,21H,11-12H2,1-2H3,(H,28,31). The van der Waals surface area contributed by atoms with Crippen molar-refractivity contribution in [2.24, 2.45) is 5.92 Å². The molecule has 8 heteroatoms. The number of hydrogen-bond acceptors (Lipinski definition) is 3. The van der Waals surface area contributed by atoms with Crippen molar-refractivity contribution in [2.75, 3.05) is 7.05 Å². The molecule has 1 N–H and O–H groups in total. The highest BCUT2D eigenvalue weighted by Gasteiger charge is 2.39. The zero-order valence-electron chi connectivity index (χ0n) is 17.1. The Kier molecular flexibility index (Phi) is 6.34. The van der Waals surface area contributed by atoms with E-state index in [1.54, 1.807) is 31.3 Å². The highest BCUT2D eigenvalue weighted by molar-refractivity contribution is 5.85. The van der Waals surface area contributed by atoms with Gasteiger partial charge in [-0.05, 0) is 48.7 Å². The van der Waals surface area contributed by atoms with Gasteiger partial charge in [0, 0.05) is 13.5 Å². The zero-order valence-corrected chi connectivity index (χ0v) is 17.1. The Morgan fingerprint density at radius 1 is 1.16 bits per heavy atom. The van der Waals surface area contributed by atoms with Crippen molar-refractivity contribution >= 4 is 11.8 Å². The van der Waals surface area contributed by atoms with Gasteiger partial charge < -0.3 is 10.2 Å². The minimum absolute atomic E-state index is 0.158. The van der Waals surface area contributed by atoms with Crippen molar-refractivity contribution in [3.05, 3.63) is 70.8 Å². The lowest BCUT2D eigenvalue weighted by atomic mass is 9.83. The maximum atomic E-state index is 13.1. The molecule has 1 aliphatic rings. The summed E-state index contributed by atoms with van der Waals surface area (Å²) in [6.07, 6.45) is -3.96. The van der Waals surface area contributed by atoms with E-state index in [1.165, 1.54) is 17.0 Å². The largest absolute Gasteiger partial charge is 0.416 e. The fourth-order valence-corrected chi connectivity index (χ4v) is 3.89. The molecule has 1 fully saturated rings. The quantitative estimate of drug-likeness (QED) is 0.785. The van der Waals surface area contributed by atoms with E-state index in [-0.39, 0.29) is 24.3 Å². The Hall–Kier alpha value is -3.34. The predicted octanol–water partition coefficient (Wildman–Crippen LogP) is 4.36. The third-order valence-electron chi connectivity index (χ3n) is 5.68. The van der Waals surface area contributed by atoms with Gasteiger partial charge in [-0.3, -0.25) is 9.59 Å². The van der Waals surface area contributed by atoms with Gasteiger partial charge in [0.1, 0.15) is 0 Å². The van der Waals surface area contributed by atoms with Crippen LogP contribution >= 0.6 is 0 Å². The molecule has 1 heterocycles. The predicted molar refractivity (Wildman–Crippen MR) is 107 cm³/mol. The van der Waals surface area contributed by atoms with Gasteiger partial charge in [0.05, 0.1) is 35.2 Å². The van der Waals surface area contributed by atoms with Gasteiger partial charge in [-0.1, -0.05) is 24.3 Å². The second-order valence-electron chi connectivity index (χ2n) is 7.68. The monoisotopic (exact) mass is 429 g/mol. The van der Waals surface area contributed by atoms with Gasteiger partial charge in [-0.15, -0.1) is 0 Å². The molecular formula is C23H22F3N3O2. The Labute approximate surface area is 178 Å². The molecule has 0 aliphatic carbocycles. The third kappa shape index (κ3) is 4.88. The molecule has 0 bridgehead atoms. The van der Waals surface area contributed by atoms with Gasteiger partial charge in [-0.2, -0.15) is 18.4 Å². The van der Waals surface area contributed by atoms with Crippen LogP contribution in [-0.4, -0.2) is 23.8 Å². The topological polar surface area (TPSA) is 73.2 Å². The summed E-state index contributed by atoms with van der Waals surface area (Å²) >= 11 is 0. The summed E-state index contributed by atoms with van der Waals surface area (Å²) in [6.45, 7) is 1.81. The summed E-state index contributed by atoms with van der Waals surface area (Å²) < 4.78 is 38.7. The number of benzene rings is 2. The van der Waals surface area contributed by atoms with E-state index in [0.29, 0.717) is 17.5 Å². The second-order valence-corrected chi connectivity index (χ2v) is 7.68. The normalized spacial score (nSPS) is 20.1. The van der Waals surface area contributed by atoms with Crippen LogP contribution in [0.2, 0.25) is 0 Å². The summed E-state index contributed by atoms with van der Waals surface area (Å²) in [5.74, 6) is -1.03. The number of carbonyl (C=O) groups excluding carboxylic acids is 2. The lowest BCUT2D eigenvalue weighted by Crippen LogP contribution is -2.46. The van der Waals surface area contributed by atoms with Gasteiger partial charge >= 0.3 is 6.18 Å². The van der Waals surface area contributed by atoms with Crippen molar-refractivity contribution in [1.82, 2.24) is 10.2 Å². The zero-order chi connectivity index (χ0) is 22.8. The van der Waals surface area contributed by atoms with Crippen molar-refractivity contribution in [3.8, 4) is 6.07 Å². The lowest BCUT2D eigenvalue weighted by molar-refractivity contribution is -0.142. The number of nitrogens with zero attached hydrogens (tertiary/aromatic N) is 2. The van der Waals surface area contributed by atoms with Crippen LogP contribution in [0.25, 0.3) is 0 Å². The van der Waals surface area contributed by atoms with E-state index in [9.17, 15) is 22.8 Å². The number of nitrogens with one attached hydrogen (secondary N) is 1. The maximum Gasteiger partial charge on any atom is 0.416 e. The first-order chi connectivity index (χ1) is 14.6. The molecule has 0 saturated carbocycles. The number of amides is 2. The molecule has 2 aromatic rings. The summed E-state index contributed by atoms with van der Waals surface area (Å²) in [6, 6.07) is 12.5. The summed E-state index contributed by atoms with van der Waals surface area (Å²) in [5.41, 5.74) is 1.03. The highest BCUT2D eigenvalue weighted by atomic mass is 19.4. The average molecular weight is 429 g/mol. The third-order valence-corrected chi connectivity index (χ3v) is 5.68. The van der Waals surface area contributed by atoms with E-state index >= 15 is 0 Å². The number of nitriles is 1. The van der Waals surface area contributed by atoms with Crippen LogP contribution in [0.15, 0.2) is 48.5 Å². The van der Waals surface area contributed by atoms with Crippen molar-refractivity contribution in [1.29, 1.82) is 5.26 Å². The first-order valence-electron chi connectivity index (χ1n) is 9.85. The van der Waals surface area contributed by atoms with Crippen molar-refractivity contribution in [3.63, 3.8) is 0 Å². The molecule has 1 aliphatic heterocycles. The summed E-state index contributed by atoms with van der Waals surface area (Å²) in [5, 5.41) is 11.8. The Bertz CT molecular complexity index is 995. The molecule has 0 spiro atoms. The molecular weight excluding hydrogens is 407 g/mol. The number of hydrogen-bond donors (Lipinski definition) is 1. The van der Waals surface area contributed by atoms with Gasteiger partial charge in [0.15, 0.2) is 0 Å². The fraction of sp³-hybridized carbons (Fsp3) is 0.348. The minimum Gasteiger partial charge on any atom is -0.349 e. The Morgan fingerprint density at radius 3 is 2.32 bits per heavy atom. The fourth-order valence-electron chi connectivity index (χ4n) is 3.89. The molecule has 3 atom stereocenters. The van der Waals surface area contributed by atoms with Gasteiger partial charge in [-0.25, -0.2) is 0 Å². The summed E-state index contributed by atoms with van der Waals surface area (Å²) in [4.78, 5) is 26.8. The van der Waals surface area contributed by atoms with E-state index in [2.05, 4.69) is 5.32 Å². The Balaban J connectivity index is 1.82. The molecule has 3 unspecified atom stereocenters. The molecule has 0 aromatic heterocycles. The van der Waals surface area contributed by atoms with E-state index < -0.39 is 23.7 Å². The van der Waals surface area contributed by atoms with Crippen LogP contribution in [0.3, 0.4) is 0 Å². The van der Waals surface area contributed by atoms with Crippen LogP contribution in [0, 0.1) is 17.2 Å². The SMILES string of the molecule is CC(NC(=O)C1CCC(=O)N(C)C1c1ccc(C(F)(F)F)cc1)c1ccc(C#N)cc1. The smallest absolute Gasteiger partial charge is 0.349 e. The van der Waals surface area contributed by atoms with Crippen molar-refractivity contribution < 1.29 is 22.8 Å². The molecule has 2 aromatic carbocycles. The van der Waals surface area contributed by atoms with Gasteiger partial charge in [0.2, 0.25) is 11.8 Å². The van der Waals surface area contributed by atoms with Crippen LogP contribution < -0.4 is 5.32 Å². The molecule has 0 radical (unpaired) electrons. The molecule has 162 valence electrons. The first kappa shape index (κ1) is 22.3. The molecule has 3 rings (SSSR count). The molecule has 31 heavy (non-hydrogen) atoms. The number of halogens is 3. The highest BCUT2D eigenvalue weighted by Crippen LogP contribution is 2.38. The maximum absolute atomic E-state index is 13.1. The number of alkyl halides is 3. The average Bonchev–Trinajstić information content (AvgIpc) is 2.75. The number of piperidine rings is 1.